The summed E-state index contributed by atoms with van der Waals surface area (Å²) < 4.78 is 1.83. The molecule has 112 valence electrons. The molecular weight excluding hydrogens is 294 g/mol. The van der Waals surface area contributed by atoms with Crippen molar-refractivity contribution < 1.29 is 4.79 Å². The predicted octanol–water partition coefficient (Wildman–Crippen LogP) is 1.82. The number of aromatic nitrogens is 4. The van der Waals surface area contributed by atoms with Crippen LogP contribution in [0, 0.1) is 0 Å². The lowest BCUT2D eigenvalue weighted by Crippen LogP contribution is -2.15. The number of fused-ring (bicyclic) bond motifs is 3. The second-order valence-corrected chi connectivity index (χ2v) is 4.98. The van der Waals surface area contributed by atoms with Crippen molar-refractivity contribution in [3.8, 4) is 0 Å². The van der Waals surface area contributed by atoms with Gasteiger partial charge in [-0.1, -0.05) is 12.1 Å². The summed E-state index contributed by atoms with van der Waals surface area (Å²) in [6, 6.07) is 12.2. The molecule has 0 radical (unpaired) electrons. The molecular formula is C16H11N5O2. The van der Waals surface area contributed by atoms with Crippen LogP contribution in [0.2, 0.25) is 0 Å². The van der Waals surface area contributed by atoms with Gasteiger partial charge in [0, 0.05) is 18.5 Å². The van der Waals surface area contributed by atoms with Crippen molar-refractivity contribution in [2.75, 3.05) is 5.32 Å². The average molecular weight is 305 g/mol. The number of H-pyrrole nitrogens is 1. The Hall–Kier alpha value is -3.48. The Balaban J connectivity index is 1.70. The molecule has 1 aromatic carbocycles. The van der Waals surface area contributed by atoms with Crippen LogP contribution in [-0.2, 0) is 0 Å². The summed E-state index contributed by atoms with van der Waals surface area (Å²) in [7, 11) is 0. The number of hydrogen-bond donors (Lipinski definition) is 2. The fourth-order valence-electron chi connectivity index (χ4n) is 2.36. The van der Waals surface area contributed by atoms with Gasteiger partial charge in [0.15, 0.2) is 0 Å². The van der Waals surface area contributed by atoms with Gasteiger partial charge in [0.05, 0.1) is 16.7 Å². The van der Waals surface area contributed by atoms with E-state index >= 15 is 0 Å². The normalized spacial score (nSPS) is 11.0. The third kappa shape index (κ3) is 2.34. The number of imidazole rings is 1. The maximum atomic E-state index is 12.3. The summed E-state index contributed by atoms with van der Waals surface area (Å²) in [5.41, 5.74) is 2.26. The number of nitrogens with zero attached hydrogens (tertiary/aromatic N) is 3. The molecule has 4 aromatic rings. The van der Waals surface area contributed by atoms with Gasteiger partial charge >= 0.3 is 0 Å². The molecule has 2 N–H and O–H groups in total. The van der Waals surface area contributed by atoms with E-state index in [4.69, 9.17) is 0 Å². The molecule has 3 aromatic heterocycles. The van der Waals surface area contributed by atoms with Gasteiger partial charge in [-0.3, -0.25) is 14.0 Å². The highest BCUT2D eigenvalue weighted by Gasteiger charge is 2.11. The number of nitrogens with one attached hydrogen (secondary N) is 2. The Morgan fingerprint density at radius 2 is 1.96 bits per heavy atom. The van der Waals surface area contributed by atoms with E-state index in [1.54, 1.807) is 12.3 Å². The van der Waals surface area contributed by atoms with Crippen molar-refractivity contribution >= 4 is 28.4 Å². The number of pyridine rings is 1. The summed E-state index contributed by atoms with van der Waals surface area (Å²) >= 11 is 0. The van der Waals surface area contributed by atoms with E-state index in [0.717, 1.165) is 11.0 Å². The van der Waals surface area contributed by atoms with Crippen molar-refractivity contribution in [1.82, 2.24) is 19.4 Å². The molecule has 0 bridgehead atoms. The van der Waals surface area contributed by atoms with Gasteiger partial charge in [0.25, 0.3) is 5.91 Å². The van der Waals surface area contributed by atoms with Gasteiger partial charge in [-0.25, -0.2) is 9.97 Å². The Bertz CT molecular complexity index is 1080. The van der Waals surface area contributed by atoms with E-state index in [2.05, 4.69) is 20.3 Å². The number of carbonyl (C=O) groups is 1. The van der Waals surface area contributed by atoms with Crippen LogP contribution in [0.5, 0.6) is 0 Å². The number of para-hydroxylation sites is 2. The zero-order valence-corrected chi connectivity index (χ0v) is 11.9. The van der Waals surface area contributed by atoms with Crippen molar-refractivity contribution in [3.63, 3.8) is 0 Å². The second kappa shape index (κ2) is 5.06. The van der Waals surface area contributed by atoms with E-state index in [9.17, 15) is 9.59 Å². The molecule has 0 aliphatic rings. The molecule has 0 aliphatic heterocycles. The first-order valence-electron chi connectivity index (χ1n) is 6.95. The molecule has 0 saturated carbocycles. The maximum Gasteiger partial charge on any atom is 0.274 e. The fourth-order valence-corrected chi connectivity index (χ4v) is 2.36. The molecule has 0 aliphatic carbocycles. The Labute approximate surface area is 129 Å². The van der Waals surface area contributed by atoms with Gasteiger partial charge in [-0.15, -0.1) is 0 Å². The minimum absolute atomic E-state index is 0.230. The third-order valence-corrected chi connectivity index (χ3v) is 3.45. The monoisotopic (exact) mass is 305 g/mol. The molecule has 0 atom stereocenters. The highest BCUT2D eigenvalue weighted by molar-refractivity contribution is 6.03. The lowest BCUT2D eigenvalue weighted by molar-refractivity contribution is 0.102. The summed E-state index contributed by atoms with van der Waals surface area (Å²) in [6.45, 7) is 0. The van der Waals surface area contributed by atoms with Gasteiger partial charge in [0.2, 0.25) is 11.3 Å². The van der Waals surface area contributed by atoms with E-state index in [1.165, 1.54) is 18.3 Å². The first-order valence-corrected chi connectivity index (χ1v) is 6.95. The lowest BCUT2D eigenvalue weighted by Gasteiger charge is -2.04. The minimum atomic E-state index is -0.369. The van der Waals surface area contributed by atoms with E-state index < -0.39 is 0 Å². The molecule has 0 fully saturated rings. The van der Waals surface area contributed by atoms with Crippen LogP contribution in [0.4, 0.5) is 5.69 Å². The van der Waals surface area contributed by atoms with Crippen LogP contribution in [-0.4, -0.2) is 25.3 Å². The number of hydrogen-bond acceptors (Lipinski definition) is 4. The highest BCUT2D eigenvalue weighted by atomic mass is 16.2. The van der Waals surface area contributed by atoms with E-state index in [-0.39, 0.29) is 17.2 Å². The second-order valence-electron chi connectivity index (χ2n) is 4.98. The van der Waals surface area contributed by atoms with Gasteiger partial charge < -0.3 is 10.3 Å². The fraction of sp³-hybridized carbons (Fsp3) is 0. The van der Waals surface area contributed by atoms with Crippen molar-refractivity contribution in [1.29, 1.82) is 0 Å². The van der Waals surface area contributed by atoms with Crippen molar-refractivity contribution in [3.05, 3.63) is 70.9 Å². The minimum Gasteiger partial charge on any atom is -0.327 e. The van der Waals surface area contributed by atoms with Crippen molar-refractivity contribution in [2.24, 2.45) is 0 Å². The summed E-state index contributed by atoms with van der Waals surface area (Å²) in [5.74, 6) is 0.0897. The molecule has 0 saturated heterocycles. The van der Waals surface area contributed by atoms with Gasteiger partial charge in [-0.05, 0) is 24.3 Å². The highest BCUT2D eigenvalue weighted by Crippen LogP contribution is 2.15. The summed E-state index contributed by atoms with van der Waals surface area (Å²) in [6.07, 6.45) is 3.20. The zero-order valence-electron chi connectivity index (χ0n) is 11.9. The van der Waals surface area contributed by atoms with Crippen molar-refractivity contribution in [2.45, 2.75) is 0 Å². The van der Waals surface area contributed by atoms with E-state index in [0.29, 0.717) is 11.5 Å². The molecule has 7 heteroatoms. The number of amides is 1. The Kier molecular flexibility index (Phi) is 2.90. The Morgan fingerprint density at radius 1 is 1.09 bits per heavy atom. The molecule has 3 heterocycles. The van der Waals surface area contributed by atoms with Crippen LogP contribution in [0.15, 0.2) is 59.7 Å². The molecule has 4 rings (SSSR count). The number of benzene rings is 1. The van der Waals surface area contributed by atoms with Crippen LogP contribution in [0.3, 0.4) is 0 Å². The number of aromatic amines is 1. The summed E-state index contributed by atoms with van der Waals surface area (Å²) in [5, 5.41) is 2.68. The van der Waals surface area contributed by atoms with Crippen LogP contribution in [0.25, 0.3) is 16.8 Å². The molecule has 23 heavy (non-hydrogen) atoms. The average Bonchev–Trinajstić information content (AvgIpc) is 2.94. The number of anilines is 1. The lowest BCUT2D eigenvalue weighted by atomic mass is 10.3. The standard InChI is InChI=1S/C16H11N5O2/c22-14-6-5-10(9-17-14)18-15(23)12-7-8-21-13-4-2-1-3-11(13)19-16(21)20-12/h1-9H,(H,17,22)(H,18,23). The molecule has 1 amide bonds. The van der Waals surface area contributed by atoms with Crippen LogP contribution in [0.1, 0.15) is 10.5 Å². The number of rotatable bonds is 2. The topological polar surface area (TPSA) is 92.2 Å². The molecule has 7 nitrogen and oxygen atoms in total. The third-order valence-electron chi connectivity index (χ3n) is 3.45. The summed E-state index contributed by atoms with van der Waals surface area (Å²) in [4.78, 5) is 34.5. The quantitative estimate of drug-likeness (QED) is 0.591. The Morgan fingerprint density at radius 3 is 2.78 bits per heavy atom. The van der Waals surface area contributed by atoms with Crippen LogP contribution >= 0.6 is 0 Å². The first-order chi connectivity index (χ1) is 11.2. The first kappa shape index (κ1) is 13.2. The maximum absolute atomic E-state index is 12.3. The predicted molar refractivity (Wildman–Crippen MR) is 85.5 cm³/mol. The largest absolute Gasteiger partial charge is 0.327 e. The van der Waals surface area contributed by atoms with E-state index in [1.807, 2.05) is 28.7 Å². The molecule has 0 spiro atoms. The molecule has 0 unspecified atom stereocenters. The van der Waals surface area contributed by atoms with Crippen LogP contribution < -0.4 is 10.9 Å². The number of carbonyl (C=O) groups excluding carboxylic acids is 1. The smallest absolute Gasteiger partial charge is 0.274 e. The van der Waals surface area contributed by atoms with Gasteiger partial charge in [-0.2, -0.15) is 0 Å². The van der Waals surface area contributed by atoms with Gasteiger partial charge in [0.1, 0.15) is 5.69 Å². The SMILES string of the molecule is O=C(Nc1ccc(=O)[nH]c1)c1ccn2c(n1)nc1ccccc12. The zero-order chi connectivity index (χ0) is 15.8.